The maximum atomic E-state index is 11.8. The molecule has 5 heteroatoms. The summed E-state index contributed by atoms with van der Waals surface area (Å²) in [5.74, 6) is -0.205. The average Bonchev–Trinajstić information content (AvgIpc) is 2.85. The molecule has 0 aliphatic rings. The van der Waals surface area contributed by atoms with Gasteiger partial charge >= 0.3 is 11.9 Å². The molecular weight excluding hydrogens is 438 g/mol. The summed E-state index contributed by atoms with van der Waals surface area (Å²) in [4.78, 5) is 23.5. The first-order chi connectivity index (χ1) is 17.2. The van der Waals surface area contributed by atoms with Gasteiger partial charge in [0.15, 0.2) is 0 Å². The lowest BCUT2D eigenvalue weighted by atomic mass is 10.1. The summed E-state index contributed by atoms with van der Waals surface area (Å²) in [5, 5.41) is 3.16. The van der Waals surface area contributed by atoms with Crippen molar-refractivity contribution in [3.05, 3.63) is 0 Å². The monoisotopic (exact) mass is 497 g/mol. The summed E-state index contributed by atoms with van der Waals surface area (Å²) < 4.78 is 10.5. The third kappa shape index (κ3) is 29.0. The minimum absolute atomic E-state index is 0.103. The van der Waals surface area contributed by atoms with Crippen molar-refractivity contribution in [1.29, 1.82) is 0 Å². The fraction of sp³-hybridized carbons (Fsp3) is 0.933. The number of carbonyl (C=O) groups excluding carboxylic acids is 2. The topological polar surface area (TPSA) is 64.6 Å². The van der Waals surface area contributed by atoms with Crippen LogP contribution in [0.25, 0.3) is 0 Å². The van der Waals surface area contributed by atoms with Gasteiger partial charge in [-0.15, -0.1) is 0 Å². The molecule has 0 aromatic heterocycles. The Morgan fingerprint density at radius 1 is 0.457 bits per heavy atom. The van der Waals surface area contributed by atoms with Crippen LogP contribution >= 0.6 is 0 Å². The Labute approximate surface area is 217 Å². The molecule has 0 radical (unpaired) electrons. The van der Waals surface area contributed by atoms with Gasteiger partial charge < -0.3 is 14.8 Å². The number of rotatable bonds is 28. The number of carbonyl (C=O) groups is 2. The van der Waals surface area contributed by atoms with E-state index in [-0.39, 0.29) is 11.9 Å². The first-order valence-electron chi connectivity index (χ1n) is 15.2. The molecule has 5 nitrogen and oxygen atoms in total. The zero-order valence-corrected chi connectivity index (χ0v) is 23.5. The minimum atomic E-state index is -0.103. The van der Waals surface area contributed by atoms with Crippen LogP contribution in [0.3, 0.4) is 0 Å². The van der Waals surface area contributed by atoms with Crippen LogP contribution in [0.1, 0.15) is 155 Å². The van der Waals surface area contributed by atoms with Gasteiger partial charge in [0.25, 0.3) is 0 Å². The predicted octanol–water partition coefficient (Wildman–Crippen LogP) is 8.28. The Balaban J connectivity index is 3.26. The highest BCUT2D eigenvalue weighted by Gasteiger charge is 2.04. The fourth-order valence-corrected chi connectivity index (χ4v) is 4.26. The second-order valence-corrected chi connectivity index (χ2v) is 10.1. The predicted molar refractivity (Wildman–Crippen MR) is 148 cm³/mol. The molecule has 208 valence electrons. The van der Waals surface area contributed by atoms with Crippen LogP contribution in [0.5, 0.6) is 0 Å². The maximum Gasteiger partial charge on any atom is 0.305 e. The Morgan fingerprint density at radius 2 is 0.743 bits per heavy atom. The number of nitrogens with one attached hydrogen (secondary N) is 1. The summed E-state index contributed by atoms with van der Waals surface area (Å²) in [6.07, 6.45) is 26.4. The van der Waals surface area contributed by atoms with Crippen LogP contribution in [0.4, 0.5) is 0 Å². The van der Waals surface area contributed by atoms with Gasteiger partial charge in [0.05, 0.1) is 0 Å². The molecule has 0 aliphatic heterocycles. The molecule has 0 bridgehead atoms. The van der Waals surface area contributed by atoms with Gasteiger partial charge in [-0.05, 0) is 12.8 Å². The Morgan fingerprint density at radius 3 is 1.06 bits per heavy atom. The molecule has 0 saturated heterocycles. The molecule has 0 fully saturated rings. The van der Waals surface area contributed by atoms with E-state index >= 15 is 0 Å². The van der Waals surface area contributed by atoms with Gasteiger partial charge in [0, 0.05) is 25.9 Å². The van der Waals surface area contributed by atoms with E-state index in [0.717, 1.165) is 25.7 Å². The molecule has 0 aromatic carbocycles. The van der Waals surface area contributed by atoms with Crippen molar-refractivity contribution >= 4 is 11.9 Å². The molecule has 35 heavy (non-hydrogen) atoms. The molecule has 0 aromatic rings. The van der Waals surface area contributed by atoms with Crippen molar-refractivity contribution in [2.45, 2.75) is 155 Å². The van der Waals surface area contributed by atoms with E-state index in [1.165, 1.54) is 103 Å². The van der Waals surface area contributed by atoms with Gasteiger partial charge in [-0.3, -0.25) is 9.59 Å². The zero-order chi connectivity index (χ0) is 25.7. The molecule has 0 atom stereocenters. The van der Waals surface area contributed by atoms with E-state index in [9.17, 15) is 9.59 Å². The Kier molecular flexibility index (Phi) is 28.2. The van der Waals surface area contributed by atoms with Crippen molar-refractivity contribution in [3.8, 4) is 0 Å². The highest BCUT2D eigenvalue weighted by atomic mass is 16.5. The lowest BCUT2D eigenvalue weighted by Crippen LogP contribution is -2.26. The SMILES string of the molecule is CCCCCCCCCCCCC(=O)OCCNCCOC(=O)CCCCCCCCCCCC. The minimum Gasteiger partial charge on any atom is -0.464 e. The lowest BCUT2D eigenvalue weighted by molar-refractivity contribution is -0.143. The molecular formula is C30H59NO4. The van der Waals surface area contributed by atoms with E-state index in [0.29, 0.717) is 39.1 Å². The van der Waals surface area contributed by atoms with E-state index in [1.807, 2.05) is 0 Å². The van der Waals surface area contributed by atoms with Gasteiger partial charge in [0.2, 0.25) is 0 Å². The number of unbranched alkanes of at least 4 members (excludes halogenated alkanes) is 18. The van der Waals surface area contributed by atoms with Crippen LogP contribution in [0.15, 0.2) is 0 Å². The molecule has 0 aliphatic carbocycles. The number of hydrogen-bond donors (Lipinski definition) is 1. The standard InChI is InChI=1S/C30H59NO4/c1-3-5-7-9-11-13-15-17-19-21-23-29(32)34-27-25-31-26-28-35-30(33)24-22-20-18-16-14-12-10-8-6-4-2/h31H,3-28H2,1-2H3. The zero-order valence-electron chi connectivity index (χ0n) is 23.5. The Bertz CT molecular complexity index is 416. The van der Waals surface area contributed by atoms with Crippen LogP contribution in [-0.4, -0.2) is 38.2 Å². The molecule has 0 heterocycles. The van der Waals surface area contributed by atoms with E-state index in [2.05, 4.69) is 19.2 Å². The molecule has 0 spiro atoms. The average molecular weight is 498 g/mol. The van der Waals surface area contributed by atoms with Gasteiger partial charge in [0.1, 0.15) is 13.2 Å². The third-order valence-electron chi connectivity index (χ3n) is 6.55. The van der Waals surface area contributed by atoms with Crippen molar-refractivity contribution < 1.29 is 19.1 Å². The van der Waals surface area contributed by atoms with Crippen LogP contribution < -0.4 is 5.32 Å². The van der Waals surface area contributed by atoms with Crippen LogP contribution in [0, 0.1) is 0 Å². The summed E-state index contributed by atoms with van der Waals surface area (Å²) in [6.45, 7) is 6.45. The Hall–Kier alpha value is -1.10. The van der Waals surface area contributed by atoms with Crippen molar-refractivity contribution in [1.82, 2.24) is 5.32 Å². The van der Waals surface area contributed by atoms with Crippen molar-refractivity contribution in [3.63, 3.8) is 0 Å². The molecule has 0 rings (SSSR count). The number of hydrogen-bond acceptors (Lipinski definition) is 5. The highest BCUT2D eigenvalue weighted by Crippen LogP contribution is 2.12. The molecule has 0 unspecified atom stereocenters. The fourth-order valence-electron chi connectivity index (χ4n) is 4.26. The summed E-state index contributed by atoms with van der Waals surface area (Å²) in [7, 11) is 0. The van der Waals surface area contributed by atoms with Gasteiger partial charge in [-0.2, -0.15) is 0 Å². The molecule has 1 N–H and O–H groups in total. The van der Waals surface area contributed by atoms with E-state index in [4.69, 9.17) is 9.47 Å². The summed E-state index contributed by atoms with van der Waals surface area (Å²) >= 11 is 0. The lowest BCUT2D eigenvalue weighted by Gasteiger charge is -2.08. The summed E-state index contributed by atoms with van der Waals surface area (Å²) in [6, 6.07) is 0. The van der Waals surface area contributed by atoms with E-state index < -0.39 is 0 Å². The smallest absolute Gasteiger partial charge is 0.305 e. The van der Waals surface area contributed by atoms with Gasteiger partial charge in [-0.1, -0.05) is 129 Å². The summed E-state index contributed by atoms with van der Waals surface area (Å²) in [5.41, 5.74) is 0. The van der Waals surface area contributed by atoms with Crippen LogP contribution in [-0.2, 0) is 19.1 Å². The molecule has 0 saturated carbocycles. The first-order valence-corrected chi connectivity index (χ1v) is 15.2. The number of esters is 2. The quantitative estimate of drug-likeness (QED) is 0.0870. The van der Waals surface area contributed by atoms with Gasteiger partial charge in [-0.25, -0.2) is 0 Å². The highest BCUT2D eigenvalue weighted by molar-refractivity contribution is 5.69. The molecule has 0 amide bonds. The third-order valence-corrected chi connectivity index (χ3v) is 6.55. The van der Waals surface area contributed by atoms with E-state index in [1.54, 1.807) is 0 Å². The maximum absolute atomic E-state index is 11.8. The normalized spacial score (nSPS) is 11.0. The van der Waals surface area contributed by atoms with Crippen molar-refractivity contribution in [2.75, 3.05) is 26.3 Å². The number of ether oxygens (including phenoxy) is 2. The first kappa shape index (κ1) is 33.9. The van der Waals surface area contributed by atoms with Crippen LogP contribution in [0.2, 0.25) is 0 Å². The largest absolute Gasteiger partial charge is 0.464 e. The second-order valence-electron chi connectivity index (χ2n) is 10.1. The van der Waals surface area contributed by atoms with Crippen molar-refractivity contribution in [2.24, 2.45) is 0 Å². The second kappa shape index (κ2) is 29.1.